The van der Waals surface area contributed by atoms with E-state index in [0.717, 1.165) is 23.7 Å². The molecule has 0 radical (unpaired) electrons. The third kappa shape index (κ3) is 3.74. The maximum Gasteiger partial charge on any atom is 0.240 e. The van der Waals surface area contributed by atoms with Gasteiger partial charge < -0.3 is 15.5 Å². The lowest BCUT2D eigenvalue weighted by atomic mass is 10.2. The van der Waals surface area contributed by atoms with E-state index in [-0.39, 0.29) is 18.4 Å². The van der Waals surface area contributed by atoms with Gasteiger partial charge in [0.2, 0.25) is 11.8 Å². The number of fused-ring (bicyclic) bond motifs is 1. The smallest absolute Gasteiger partial charge is 0.240 e. The Morgan fingerprint density at radius 1 is 1.35 bits per heavy atom. The summed E-state index contributed by atoms with van der Waals surface area (Å²) in [6.45, 7) is 4.30. The van der Waals surface area contributed by atoms with Crippen LogP contribution in [0.4, 0.5) is 5.69 Å². The molecule has 108 valence electrons. The number of rotatable bonds is 6. The number of carbonyl (C=O) groups is 2. The highest BCUT2D eigenvalue weighted by atomic mass is 32.2. The molecule has 1 aliphatic heterocycles. The van der Waals surface area contributed by atoms with Crippen molar-refractivity contribution in [3.8, 4) is 0 Å². The molecule has 0 saturated heterocycles. The van der Waals surface area contributed by atoms with E-state index in [2.05, 4.69) is 10.6 Å². The second kappa shape index (κ2) is 7.31. The Morgan fingerprint density at radius 3 is 2.95 bits per heavy atom. The molecule has 1 heterocycles. The third-order valence-corrected chi connectivity index (χ3v) is 4.03. The van der Waals surface area contributed by atoms with Crippen molar-refractivity contribution >= 4 is 29.3 Å². The minimum absolute atomic E-state index is 0.0180. The van der Waals surface area contributed by atoms with Crippen molar-refractivity contribution in [1.82, 2.24) is 10.6 Å². The molecule has 0 spiro atoms. The molecule has 1 aliphatic rings. The second-order valence-electron chi connectivity index (χ2n) is 4.44. The number of nitrogens with one attached hydrogen (secondary N) is 2. The number of carbonyl (C=O) groups excluding carboxylic acids is 2. The fourth-order valence-electron chi connectivity index (χ4n) is 1.99. The summed E-state index contributed by atoms with van der Waals surface area (Å²) in [5, 5.41) is 5.95. The number of anilines is 1. The summed E-state index contributed by atoms with van der Waals surface area (Å²) >= 11 is 1.52. The number of hydrogen-bond donors (Lipinski definition) is 2. The number of amides is 2. The van der Waals surface area contributed by atoms with Gasteiger partial charge in [0.05, 0.1) is 11.4 Å². The highest BCUT2D eigenvalue weighted by molar-refractivity contribution is 8.00. The van der Waals surface area contributed by atoms with Crippen molar-refractivity contribution in [2.75, 3.05) is 36.8 Å². The zero-order valence-corrected chi connectivity index (χ0v) is 12.3. The van der Waals surface area contributed by atoms with Gasteiger partial charge in [-0.1, -0.05) is 19.1 Å². The van der Waals surface area contributed by atoms with E-state index >= 15 is 0 Å². The predicted octanol–water partition coefficient (Wildman–Crippen LogP) is 0.851. The lowest BCUT2D eigenvalue weighted by Gasteiger charge is -2.28. The molecular formula is C14H19N3O2S. The summed E-state index contributed by atoms with van der Waals surface area (Å²) in [7, 11) is 0. The quantitative estimate of drug-likeness (QED) is 0.764. The fraction of sp³-hybridized carbons (Fsp3) is 0.429. The van der Waals surface area contributed by atoms with Crippen LogP contribution in [-0.2, 0) is 9.59 Å². The topological polar surface area (TPSA) is 61.4 Å². The summed E-state index contributed by atoms with van der Waals surface area (Å²) in [5.74, 6) is 0.246. The van der Waals surface area contributed by atoms with E-state index in [1.54, 1.807) is 4.90 Å². The number of thioether (sulfide) groups is 1. The van der Waals surface area contributed by atoms with E-state index in [1.807, 2.05) is 31.2 Å². The van der Waals surface area contributed by atoms with Gasteiger partial charge in [-0.15, -0.1) is 11.8 Å². The van der Waals surface area contributed by atoms with Crippen molar-refractivity contribution in [2.24, 2.45) is 0 Å². The molecule has 0 aliphatic carbocycles. The monoisotopic (exact) mass is 293 g/mol. The molecule has 2 N–H and O–H groups in total. The van der Waals surface area contributed by atoms with Gasteiger partial charge in [-0.3, -0.25) is 9.59 Å². The third-order valence-electron chi connectivity index (χ3n) is 2.98. The molecule has 0 fully saturated rings. The van der Waals surface area contributed by atoms with Crippen LogP contribution in [0.1, 0.15) is 6.92 Å². The number of nitrogens with zero attached hydrogens (tertiary/aromatic N) is 1. The first-order valence-corrected chi connectivity index (χ1v) is 7.70. The van der Waals surface area contributed by atoms with Crippen LogP contribution in [0.15, 0.2) is 29.2 Å². The molecule has 2 rings (SSSR count). The Hall–Kier alpha value is -1.53. The summed E-state index contributed by atoms with van der Waals surface area (Å²) in [5.41, 5.74) is 0.829. The SMILES string of the molecule is CCNCCNC(=O)CN1C(=O)CSc2ccccc21. The molecule has 0 unspecified atom stereocenters. The molecule has 2 amide bonds. The number of likely N-dealkylation sites (N-methyl/N-ethyl adjacent to an activating group) is 1. The van der Waals surface area contributed by atoms with Crippen LogP contribution in [0.25, 0.3) is 0 Å². The van der Waals surface area contributed by atoms with Gasteiger partial charge in [0, 0.05) is 18.0 Å². The molecule has 5 nitrogen and oxygen atoms in total. The van der Waals surface area contributed by atoms with Gasteiger partial charge in [-0.05, 0) is 18.7 Å². The molecule has 0 aromatic heterocycles. The lowest BCUT2D eigenvalue weighted by molar-refractivity contribution is -0.122. The Morgan fingerprint density at radius 2 is 2.15 bits per heavy atom. The first-order valence-electron chi connectivity index (χ1n) is 6.72. The first kappa shape index (κ1) is 14.9. The molecular weight excluding hydrogens is 274 g/mol. The van der Waals surface area contributed by atoms with Gasteiger partial charge in [-0.25, -0.2) is 0 Å². The summed E-state index contributed by atoms with van der Waals surface area (Å²) in [6.07, 6.45) is 0. The number of benzene rings is 1. The van der Waals surface area contributed by atoms with Gasteiger partial charge in [0.1, 0.15) is 6.54 Å². The van der Waals surface area contributed by atoms with E-state index in [0.29, 0.717) is 12.3 Å². The van der Waals surface area contributed by atoms with Crippen molar-refractivity contribution in [3.63, 3.8) is 0 Å². The van der Waals surface area contributed by atoms with E-state index in [9.17, 15) is 9.59 Å². The highest BCUT2D eigenvalue weighted by Gasteiger charge is 2.25. The van der Waals surface area contributed by atoms with Gasteiger partial charge in [0.25, 0.3) is 0 Å². The fourth-order valence-corrected chi connectivity index (χ4v) is 2.93. The minimum Gasteiger partial charge on any atom is -0.353 e. The minimum atomic E-state index is -0.127. The zero-order chi connectivity index (χ0) is 14.4. The van der Waals surface area contributed by atoms with Crippen LogP contribution >= 0.6 is 11.8 Å². The predicted molar refractivity (Wildman–Crippen MR) is 81.1 cm³/mol. The summed E-state index contributed by atoms with van der Waals surface area (Å²) in [6, 6.07) is 7.68. The Labute approximate surface area is 123 Å². The van der Waals surface area contributed by atoms with Gasteiger partial charge >= 0.3 is 0 Å². The van der Waals surface area contributed by atoms with Crippen LogP contribution in [0.2, 0.25) is 0 Å². The second-order valence-corrected chi connectivity index (χ2v) is 5.46. The van der Waals surface area contributed by atoms with Crippen molar-refractivity contribution in [2.45, 2.75) is 11.8 Å². The highest BCUT2D eigenvalue weighted by Crippen LogP contribution is 2.34. The lowest BCUT2D eigenvalue weighted by Crippen LogP contribution is -2.44. The number of para-hydroxylation sites is 1. The van der Waals surface area contributed by atoms with E-state index < -0.39 is 0 Å². The summed E-state index contributed by atoms with van der Waals surface area (Å²) in [4.78, 5) is 26.5. The van der Waals surface area contributed by atoms with Gasteiger partial charge in [-0.2, -0.15) is 0 Å². The standard InChI is InChI=1S/C14H19N3O2S/c1-2-15-7-8-16-13(18)9-17-11-5-3-4-6-12(11)20-10-14(17)19/h3-6,15H,2,7-10H2,1H3,(H,16,18). The average Bonchev–Trinajstić information content (AvgIpc) is 2.47. The first-order chi connectivity index (χ1) is 9.72. The molecule has 6 heteroatoms. The normalized spacial score (nSPS) is 14.1. The van der Waals surface area contributed by atoms with Crippen molar-refractivity contribution < 1.29 is 9.59 Å². The van der Waals surface area contributed by atoms with E-state index in [4.69, 9.17) is 0 Å². The molecule has 0 atom stereocenters. The summed E-state index contributed by atoms with van der Waals surface area (Å²) < 4.78 is 0. The van der Waals surface area contributed by atoms with Crippen molar-refractivity contribution in [3.05, 3.63) is 24.3 Å². The molecule has 0 saturated carbocycles. The van der Waals surface area contributed by atoms with Crippen LogP contribution in [-0.4, -0.2) is 43.7 Å². The molecule has 1 aromatic rings. The maximum absolute atomic E-state index is 12.0. The Kier molecular flexibility index (Phi) is 5.43. The zero-order valence-electron chi connectivity index (χ0n) is 11.5. The average molecular weight is 293 g/mol. The Balaban J connectivity index is 1.94. The van der Waals surface area contributed by atoms with Crippen LogP contribution in [0, 0.1) is 0 Å². The van der Waals surface area contributed by atoms with Crippen LogP contribution in [0.3, 0.4) is 0 Å². The van der Waals surface area contributed by atoms with Crippen LogP contribution in [0.5, 0.6) is 0 Å². The largest absolute Gasteiger partial charge is 0.353 e. The van der Waals surface area contributed by atoms with E-state index in [1.165, 1.54) is 11.8 Å². The Bertz CT molecular complexity index is 493. The number of hydrogen-bond acceptors (Lipinski definition) is 4. The van der Waals surface area contributed by atoms with Gasteiger partial charge in [0.15, 0.2) is 0 Å². The maximum atomic E-state index is 12.0. The molecule has 0 bridgehead atoms. The van der Waals surface area contributed by atoms with Crippen molar-refractivity contribution in [1.29, 1.82) is 0 Å². The molecule has 20 heavy (non-hydrogen) atoms. The molecule has 1 aromatic carbocycles. The van der Waals surface area contributed by atoms with Crippen LogP contribution < -0.4 is 15.5 Å².